The zero-order valence-corrected chi connectivity index (χ0v) is 26.4. The second-order valence-corrected chi connectivity index (χ2v) is 6.26. The molecule has 0 atom stereocenters. The highest BCUT2D eigenvalue weighted by atomic mass is 32.2. The van der Waals surface area contributed by atoms with E-state index in [0.29, 0.717) is 0 Å². The lowest BCUT2D eigenvalue weighted by molar-refractivity contribution is -0.461. The van der Waals surface area contributed by atoms with Gasteiger partial charge in [0.25, 0.3) is 5.39 Å². The first-order chi connectivity index (χ1) is 26.4. The van der Waals surface area contributed by atoms with E-state index < -0.39 is 97.7 Å². The molecule has 43 heteroatoms. The molecule has 0 unspecified atom stereocenters. The third-order valence-corrected chi connectivity index (χ3v) is 2.49. The van der Waals surface area contributed by atoms with Crippen molar-refractivity contribution in [1.82, 2.24) is 5.39 Å². The van der Waals surface area contributed by atoms with Crippen molar-refractivity contribution in [3.63, 3.8) is 0 Å². The van der Waals surface area contributed by atoms with E-state index in [9.17, 15) is 67.1 Å². The minimum absolute atomic E-state index is 0.130. The van der Waals surface area contributed by atoms with Crippen LogP contribution in [0.2, 0.25) is 0 Å². The highest BCUT2D eigenvalue weighted by Crippen LogP contribution is 2.19. The van der Waals surface area contributed by atoms with Gasteiger partial charge in [0, 0.05) is 0 Å². The summed E-state index contributed by atoms with van der Waals surface area (Å²) in [6.07, 6.45) is -31.5. The average molecular weight is 895 g/mol. The van der Waals surface area contributed by atoms with Crippen molar-refractivity contribution in [2.75, 3.05) is 0 Å². The van der Waals surface area contributed by atoms with E-state index in [4.69, 9.17) is 66.4 Å². The maximum Gasteiger partial charge on any atom is 0.629 e. The van der Waals surface area contributed by atoms with Crippen molar-refractivity contribution in [2.45, 2.75) is 6.16 Å². The molecule has 0 radical (unpaired) electrons. The number of hydrogen-bond donors (Lipinski definition) is 13. The number of hydrogen-bond acceptors (Lipinski definition) is 30. The van der Waals surface area contributed by atoms with Crippen molar-refractivity contribution in [2.24, 2.45) is 0 Å². The highest BCUT2D eigenvalue weighted by Gasteiger charge is 2.51. The zero-order chi connectivity index (χ0) is 46.8. The van der Waals surface area contributed by atoms with E-state index in [2.05, 4.69) is 66.1 Å². The Morgan fingerprint density at radius 1 is 0.345 bits per heavy atom. The number of rotatable bonds is 11. The lowest BCUT2D eigenvalue weighted by atomic mass is 10.9. The molecule has 0 fully saturated rings. The Hall–Kier alpha value is -9.55. The summed E-state index contributed by atoms with van der Waals surface area (Å²) in [5.74, 6) is 0. The first-order valence-electron chi connectivity index (χ1n) is 10.9. The molecule has 0 spiro atoms. The van der Waals surface area contributed by atoms with Crippen LogP contribution in [0.1, 0.15) is 0 Å². The summed E-state index contributed by atoms with van der Waals surface area (Å²) in [4.78, 5) is 153. The average Bonchev–Trinajstić information content (AvgIpc) is 2.94. The van der Waals surface area contributed by atoms with Gasteiger partial charge in [-0.3, -0.25) is 14.5 Å². The second-order valence-electron chi connectivity index (χ2n) is 5.79. The summed E-state index contributed by atoms with van der Waals surface area (Å²) in [7, 11) is 0. The molecule has 0 aromatic rings. The van der Waals surface area contributed by atoms with Crippen LogP contribution in [0.5, 0.6) is 0 Å². The van der Waals surface area contributed by atoms with Crippen LogP contribution < -0.4 is 0 Å². The van der Waals surface area contributed by atoms with E-state index in [1.807, 2.05) is 0 Å². The fourth-order valence-corrected chi connectivity index (χ4v) is 1.26. The summed E-state index contributed by atoms with van der Waals surface area (Å²) in [6, 6.07) is 0. The van der Waals surface area contributed by atoms with E-state index in [-0.39, 0.29) is 12.3 Å². The number of ether oxygens (including phenoxy) is 6. The van der Waals surface area contributed by atoms with Gasteiger partial charge in [-0.1, -0.05) is 0 Å². The standard InChI is InChI=1S/C5H4O12.C3H3NO9.C3H2O7.C2H2O7.C2H2O6S/c6-1(7)14-5(15-2(8)9,16-3(10)11)17-4(12)13;5-1(6)11-4(12-2(7)8)13-3(9)10;4-1(5)9-3(8)10-2(6)7;2*3-1(4)7-9-8-2(5)6/h(H,6,7)(H,8,9)(H,10,11)(H,12,13);(H,5,6)(H,7,8)(H,9,10);(H,4,5)(H,6,7);2*(H,3,4)(H,5,6). The van der Waals surface area contributed by atoms with Gasteiger partial charge in [-0.25, -0.2) is 76.9 Å². The topological polar surface area (TPSA) is 634 Å². The Balaban J connectivity index is -0.000000207. The van der Waals surface area contributed by atoms with Gasteiger partial charge < -0.3 is 103 Å². The summed E-state index contributed by atoms with van der Waals surface area (Å²) >= 11 is -0.130. The van der Waals surface area contributed by atoms with Gasteiger partial charge in [0.15, 0.2) is 0 Å². The first kappa shape index (κ1) is 57.8. The van der Waals surface area contributed by atoms with Gasteiger partial charge >= 0.3 is 105 Å². The SMILES string of the molecule is O=C(O)OC(=O)OC(=O)O.O=C(O)OC(OC(=O)O)(OC(=O)O)OC(=O)O.O=C(O)ON(OC(=O)O)OC(=O)O.O=C(O)OOOC(=O)O.O=C(O)OSOC(=O)O. The minimum Gasteiger partial charge on any atom is -0.449 e. The van der Waals surface area contributed by atoms with Gasteiger partial charge in [0.1, 0.15) is 0 Å². The molecule has 0 saturated carbocycles. The molecule has 0 aromatic heterocycles. The Morgan fingerprint density at radius 3 is 0.776 bits per heavy atom. The molecule has 0 bridgehead atoms. The Kier molecular flexibility index (Phi) is 32.0. The third kappa shape index (κ3) is 53.2. The molecule has 0 rings (SSSR count). The number of nitrogens with zero attached hydrogens (tertiary/aromatic N) is 1. The monoisotopic (exact) mass is 895 g/mol. The number of carbonyl (C=O) groups excluding carboxylic acids is 1. The molecule has 0 heterocycles. The van der Waals surface area contributed by atoms with E-state index >= 15 is 0 Å². The number of carboxylic acid groups (broad SMARTS) is 13. The molecule has 330 valence electrons. The molecule has 0 saturated heterocycles. The first-order valence-corrected chi connectivity index (χ1v) is 11.5. The predicted octanol–water partition coefficient (Wildman–Crippen LogP) is 2.15. The quantitative estimate of drug-likeness (QED) is 0.0353. The summed E-state index contributed by atoms with van der Waals surface area (Å²) < 4.78 is 27.5. The van der Waals surface area contributed by atoms with Crippen molar-refractivity contribution in [1.29, 1.82) is 0 Å². The van der Waals surface area contributed by atoms with Gasteiger partial charge in [-0.05, 0) is 0 Å². The number of carbonyl (C=O) groups is 14. The zero-order valence-electron chi connectivity index (χ0n) is 25.6. The van der Waals surface area contributed by atoms with E-state index in [0.717, 1.165) is 0 Å². The summed E-state index contributed by atoms with van der Waals surface area (Å²) in [5.41, 5.74) is 0. The predicted molar refractivity (Wildman–Crippen MR) is 137 cm³/mol. The van der Waals surface area contributed by atoms with Crippen LogP contribution in [0.15, 0.2) is 0 Å². The van der Waals surface area contributed by atoms with Crippen LogP contribution in [0, 0.1) is 0 Å². The van der Waals surface area contributed by atoms with Crippen molar-refractivity contribution >= 4 is 98.5 Å². The molecule has 0 aliphatic rings. The van der Waals surface area contributed by atoms with Gasteiger partial charge in [0.05, 0.1) is 5.04 Å². The van der Waals surface area contributed by atoms with Crippen LogP contribution in [-0.4, -0.2) is 164 Å². The van der Waals surface area contributed by atoms with Crippen LogP contribution in [0.3, 0.4) is 0 Å². The van der Waals surface area contributed by atoms with Crippen LogP contribution in [-0.2, 0) is 66.1 Å². The van der Waals surface area contributed by atoms with Crippen LogP contribution in [0.4, 0.5) is 67.1 Å². The lowest BCUT2D eigenvalue weighted by Gasteiger charge is -2.23. The van der Waals surface area contributed by atoms with Crippen molar-refractivity contribution in [3.05, 3.63) is 0 Å². The largest absolute Gasteiger partial charge is 0.629 e. The van der Waals surface area contributed by atoms with E-state index in [1.165, 1.54) is 0 Å². The van der Waals surface area contributed by atoms with Crippen molar-refractivity contribution in [3.8, 4) is 0 Å². The van der Waals surface area contributed by atoms with Crippen LogP contribution in [0.25, 0.3) is 0 Å². The molecule has 42 nitrogen and oxygen atoms in total. The van der Waals surface area contributed by atoms with E-state index in [1.54, 1.807) is 0 Å². The van der Waals surface area contributed by atoms with Crippen LogP contribution >= 0.6 is 12.3 Å². The molecule has 0 amide bonds. The lowest BCUT2D eigenvalue weighted by Crippen LogP contribution is -2.47. The molecule has 0 aromatic carbocycles. The molecular formula is C15H13NO41S. The highest BCUT2D eigenvalue weighted by molar-refractivity contribution is 7.90. The van der Waals surface area contributed by atoms with Gasteiger partial charge in [-0.15, -0.1) is 0 Å². The molecule has 0 aliphatic heterocycles. The molecule has 0 aliphatic carbocycles. The smallest absolute Gasteiger partial charge is 0.449 e. The Bertz CT molecular complexity index is 1280. The maximum absolute atomic E-state index is 10.1. The molecule has 13 N–H and O–H groups in total. The molecule has 58 heavy (non-hydrogen) atoms. The van der Waals surface area contributed by atoms with Crippen molar-refractivity contribution < 1.29 is 200 Å². The second kappa shape index (κ2) is 32.1. The van der Waals surface area contributed by atoms with Gasteiger partial charge in [-0.2, -0.15) is 0 Å². The Labute approximate surface area is 310 Å². The minimum atomic E-state index is -3.81. The summed E-state index contributed by atoms with van der Waals surface area (Å²) in [6.45, 7) is 0. The summed E-state index contributed by atoms with van der Waals surface area (Å²) in [5, 5.41) is 105. The fourth-order valence-electron chi connectivity index (χ4n) is 1.11. The van der Waals surface area contributed by atoms with Gasteiger partial charge in [0.2, 0.25) is 0 Å². The fraction of sp³-hybridized carbons (Fsp3) is 0.0667. The maximum atomic E-state index is 10.1. The molecular weight excluding hydrogens is 882 g/mol. The third-order valence-electron chi connectivity index (χ3n) is 2.07. The Morgan fingerprint density at radius 2 is 0.603 bits per heavy atom. The normalized spacial score (nSPS) is 8.78.